The van der Waals surface area contributed by atoms with E-state index in [4.69, 9.17) is 0 Å². The first-order chi connectivity index (χ1) is 10.1. The maximum Gasteiger partial charge on any atom is 0.240 e. The number of hydrogen-bond acceptors (Lipinski definition) is 3. The maximum atomic E-state index is 12.3. The first-order valence-electron chi connectivity index (χ1n) is 6.53. The third-order valence-electron chi connectivity index (χ3n) is 3.20. The monoisotopic (exact) mass is 298 g/mol. The Balaban J connectivity index is 1.86. The Morgan fingerprint density at radius 1 is 0.952 bits per heavy atom. The van der Waals surface area contributed by atoms with E-state index in [1.807, 2.05) is 42.5 Å². The van der Waals surface area contributed by atoms with Gasteiger partial charge in [0.25, 0.3) is 0 Å². The number of nitrogens with zero attached hydrogens (tertiary/aromatic N) is 1. The van der Waals surface area contributed by atoms with Gasteiger partial charge in [-0.05, 0) is 23.8 Å². The molecule has 0 unspecified atom stereocenters. The molecule has 0 fully saturated rings. The number of sulfonamides is 1. The van der Waals surface area contributed by atoms with Gasteiger partial charge < -0.3 is 0 Å². The fraction of sp³-hybridized carbons (Fsp3) is 0.0625. The van der Waals surface area contributed by atoms with Crippen molar-refractivity contribution in [1.82, 2.24) is 9.71 Å². The number of fused-ring (bicyclic) bond motifs is 1. The Labute approximate surface area is 123 Å². The van der Waals surface area contributed by atoms with E-state index in [1.54, 1.807) is 24.4 Å². The second-order valence-electron chi connectivity index (χ2n) is 4.67. The quantitative estimate of drug-likeness (QED) is 0.805. The van der Waals surface area contributed by atoms with Crippen LogP contribution in [0.5, 0.6) is 0 Å². The molecular formula is C16H14N2O2S. The highest BCUT2D eigenvalue weighted by Crippen LogP contribution is 2.17. The maximum absolute atomic E-state index is 12.3. The standard InChI is InChI=1S/C16H14N2O2S/c19-21(20,18-12-13-5-2-1-3-6-13)15-9-8-14-7-4-10-17-16(14)11-15/h1-11,18H,12H2. The Morgan fingerprint density at radius 2 is 1.76 bits per heavy atom. The van der Waals surface area contributed by atoms with Gasteiger partial charge in [-0.15, -0.1) is 0 Å². The van der Waals surface area contributed by atoms with E-state index >= 15 is 0 Å². The Bertz CT molecular complexity index is 862. The van der Waals surface area contributed by atoms with E-state index in [1.165, 1.54) is 0 Å². The van der Waals surface area contributed by atoms with E-state index in [9.17, 15) is 8.42 Å². The molecule has 4 nitrogen and oxygen atoms in total. The van der Waals surface area contributed by atoms with Crippen LogP contribution in [0, 0.1) is 0 Å². The normalized spacial score (nSPS) is 11.6. The molecule has 0 bridgehead atoms. The van der Waals surface area contributed by atoms with Crippen LogP contribution in [0.3, 0.4) is 0 Å². The highest BCUT2D eigenvalue weighted by atomic mass is 32.2. The van der Waals surface area contributed by atoms with E-state index in [-0.39, 0.29) is 11.4 Å². The average Bonchev–Trinajstić information content (AvgIpc) is 2.53. The van der Waals surface area contributed by atoms with Gasteiger partial charge in [-0.1, -0.05) is 42.5 Å². The number of aromatic nitrogens is 1. The molecule has 106 valence electrons. The van der Waals surface area contributed by atoms with Crippen LogP contribution in [-0.4, -0.2) is 13.4 Å². The summed E-state index contributed by atoms with van der Waals surface area (Å²) in [7, 11) is -3.54. The Kier molecular flexibility index (Phi) is 3.68. The molecule has 1 N–H and O–H groups in total. The first kappa shape index (κ1) is 13.7. The van der Waals surface area contributed by atoms with Crippen molar-refractivity contribution in [1.29, 1.82) is 0 Å². The molecule has 0 aliphatic rings. The molecule has 2 aromatic carbocycles. The summed E-state index contributed by atoms with van der Waals surface area (Å²) in [6, 6.07) is 18.1. The summed E-state index contributed by atoms with van der Waals surface area (Å²) in [5.74, 6) is 0. The zero-order chi connectivity index (χ0) is 14.7. The highest BCUT2D eigenvalue weighted by Gasteiger charge is 2.14. The average molecular weight is 298 g/mol. The second kappa shape index (κ2) is 5.63. The van der Waals surface area contributed by atoms with E-state index in [2.05, 4.69) is 9.71 Å². The van der Waals surface area contributed by atoms with Crippen molar-refractivity contribution < 1.29 is 8.42 Å². The summed E-state index contributed by atoms with van der Waals surface area (Å²) >= 11 is 0. The largest absolute Gasteiger partial charge is 0.256 e. The summed E-state index contributed by atoms with van der Waals surface area (Å²) in [5.41, 5.74) is 1.58. The summed E-state index contributed by atoms with van der Waals surface area (Å²) in [4.78, 5) is 4.41. The second-order valence-corrected chi connectivity index (χ2v) is 6.44. The molecular weight excluding hydrogens is 284 g/mol. The third kappa shape index (κ3) is 3.09. The molecule has 1 aromatic heterocycles. The molecule has 5 heteroatoms. The number of benzene rings is 2. The molecule has 0 spiro atoms. The van der Waals surface area contributed by atoms with Crippen LogP contribution in [0.2, 0.25) is 0 Å². The van der Waals surface area contributed by atoms with Crippen molar-refractivity contribution in [2.75, 3.05) is 0 Å². The van der Waals surface area contributed by atoms with Crippen molar-refractivity contribution in [2.24, 2.45) is 0 Å². The lowest BCUT2D eigenvalue weighted by Crippen LogP contribution is -2.23. The predicted molar refractivity (Wildman–Crippen MR) is 82.2 cm³/mol. The molecule has 0 aliphatic carbocycles. The number of nitrogens with one attached hydrogen (secondary N) is 1. The van der Waals surface area contributed by atoms with Gasteiger partial charge in [-0.25, -0.2) is 13.1 Å². The van der Waals surface area contributed by atoms with Crippen LogP contribution in [0.1, 0.15) is 5.56 Å². The first-order valence-corrected chi connectivity index (χ1v) is 8.02. The summed E-state index contributed by atoms with van der Waals surface area (Å²) in [5, 5.41) is 0.916. The zero-order valence-electron chi connectivity index (χ0n) is 11.2. The van der Waals surface area contributed by atoms with Gasteiger partial charge in [-0.2, -0.15) is 0 Å². The van der Waals surface area contributed by atoms with Gasteiger partial charge in [0.2, 0.25) is 10.0 Å². The van der Waals surface area contributed by atoms with Crippen LogP contribution in [0.25, 0.3) is 10.9 Å². The Morgan fingerprint density at radius 3 is 2.57 bits per heavy atom. The lowest BCUT2D eigenvalue weighted by molar-refractivity contribution is 0.581. The van der Waals surface area contributed by atoms with Crippen molar-refractivity contribution in [3.63, 3.8) is 0 Å². The van der Waals surface area contributed by atoms with Crippen LogP contribution in [-0.2, 0) is 16.6 Å². The van der Waals surface area contributed by atoms with Gasteiger partial charge in [0.15, 0.2) is 0 Å². The van der Waals surface area contributed by atoms with Gasteiger partial charge in [0.05, 0.1) is 10.4 Å². The molecule has 3 rings (SSSR count). The lowest BCUT2D eigenvalue weighted by Gasteiger charge is -2.07. The minimum atomic E-state index is -3.54. The van der Waals surface area contributed by atoms with Crippen LogP contribution in [0.4, 0.5) is 0 Å². The van der Waals surface area contributed by atoms with Crippen molar-refractivity contribution in [3.8, 4) is 0 Å². The fourth-order valence-electron chi connectivity index (χ4n) is 2.07. The van der Waals surface area contributed by atoms with E-state index in [0.717, 1.165) is 10.9 Å². The Hall–Kier alpha value is -2.24. The molecule has 0 aliphatic heterocycles. The molecule has 0 saturated carbocycles. The topological polar surface area (TPSA) is 59.1 Å². The van der Waals surface area contributed by atoms with E-state index < -0.39 is 10.0 Å². The SMILES string of the molecule is O=S(=O)(NCc1ccccc1)c1ccc2cccnc2c1. The van der Waals surface area contributed by atoms with Crippen LogP contribution < -0.4 is 4.72 Å². The molecule has 1 heterocycles. The minimum Gasteiger partial charge on any atom is -0.256 e. The van der Waals surface area contributed by atoms with Crippen LogP contribution in [0.15, 0.2) is 71.8 Å². The lowest BCUT2D eigenvalue weighted by atomic mass is 10.2. The van der Waals surface area contributed by atoms with Gasteiger partial charge in [0, 0.05) is 18.1 Å². The summed E-state index contributed by atoms with van der Waals surface area (Å²) < 4.78 is 27.2. The molecule has 0 saturated heterocycles. The predicted octanol–water partition coefficient (Wildman–Crippen LogP) is 2.71. The minimum absolute atomic E-state index is 0.227. The third-order valence-corrected chi connectivity index (χ3v) is 4.60. The molecule has 0 radical (unpaired) electrons. The van der Waals surface area contributed by atoms with E-state index in [0.29, 0.717) is 5.52 Å². The van der Waals surface area contributed by atoms with Crippen LogP contribution >= 0.6 is 0 Å². The highest BCUT2D eigenvalue weighted by molar-refractivity contribution is 7.89. The number of rotatable bonds is 4. The number of pyridine rings is 1. The summed E-state index contributed by atoms with van der Waals surface area (Å²) in [6.45, 7) is 0.267. The van der Waals surface area contributed by atoms with Gasteiger partial charge in [-0.3, -0.25) is 4.98 Å². The van der Waals surface area contributed by atoms with Gasteiger partial charge >= 0.3 is 0 Å². The van der Waals surface area contributed by atoms with Crippen molar-refractivity contribution in [2.45, 2.75) is 11.4 Å². The molecule has 3 aromatic rings. The van der Waals surface area contributed by atoms with Crippen molar-refractivity contribution in [3.05, 3.63) is 72.4 Å². The smallest absolute Gasteiger partial charge is 0.240 e. The molecule has 21 heavy (non-hydrogen) atoms. The molecule has 0 amide bonds. The zero-order valence-corrected chi connectivity index (χ0v) is 12.0. The molecule has 0 atom stereocenters. The fourth-order valence-corrected chi connectivity index (χ4v) is 3.11. The van der Waals surface area contributed by atoms with Gasteiger partial charge in [0.1, 0.15) is 0 Å². The number of hydrogen-bond donors (Lipinski definition) is 1. The summed E-state index contributed by atoms with van der Waals surface area (Å²) in [6.07, 6.45) is 1.65. The van der Waals surface area contributed by atoms with Crippen molar-refractivity contribution >= 4 is 20.9 Å².